The van der Waals surface area contributed by atoms with E-state index in [2.05, 4.69) is 18.8 Å². The molecule has 1 aromatic carbocycles. The first-order chi connectivity index (χ1) is 4.84. The van der Waals surface area contributed by atoms with Gasteiger partial charge in [-0.3, -0.25) is 0 Å². The Bertz CT molecular complexity index is 278. The summed E-state index contributed by atoms with van der Waals surface area (Å²) in [5.41, 5.74) is 0.400. The van der Waals surface area contributed by atoms with Crippen molar-refractivity contribution in [3.8, 4) is 11.8 Å². The molecule has 0 bridgehead atoms. The van der Waals surface area contributed by atoms with E-state index in [9.17, 15) is 4.39 Å². The maximum Gasteiger partial charge on any atom is 0.138 e. The van der Waals surface area contributed by atoms with Crippen molar-refractivity contribution in [2.75, 3.05) is 0 Å². The van der Waals surface area contributed by atoms with E-state index in [1.165, 1.54) is 6.07 Å². The first kappa shape index (κ1) is 6.82. The van der Waals surface area contributed by atoms with Crippen LogP contribution < -0.4 is 0 Å². The van der Waals surface area contributed by atoms with Crippen LogP contribution in [0.25, 0.3) is 0 Å². The summed E-state index contributed by atoms with van der Waals surface area (Å²) in [6.07, 6.45) is 0. The summed E-state index contributed by atoms with van der Waals surface area (Å²) in [5, 5.41) is 0. The summed E-state index contributed by atoms with van der Waals surface area (Å²) < 4.78 is 12.6. The van der Waals surface area contributed by atoms with Gasteiger partial charge in [0, 0.05) is 6.92 Å². The Hall–Kier alpha value is -1.29. The van der Waals surface area contributed by atoms with Crippen molar-refractivity contribution in [2.24, 2.45) is 0 Å². The Balaban J connectivity index is 3.11. The fourth-order valence-electron chi connectivity index (χ4n) is 0.658. The predicted octanol–water partition coefficient (Wildman–Crippen LogP) is 2.01. The van der Waals surface area contributed by atoms with Crippen LogP contribution in [0, 0.1) is 24.6 Å². The zero-order valence-corrected chi connectivity index (χ0v) is 5.39. The highest BCUT2D eigenvalue weighted by Gasteiger charge is 1.92. The first-order valence-electron chi connectivity index (χ1n) is 2.87. The number of halogens is 1. The molecule has 0 saturated heterocycles. The largest absolute Gasteiger partial charge is 0.206 e. The molecule has 0 atom stereocenters. The molecular formula is C9H6F. The molecular weight excluding hydrogens is 127 g/mol. The highest BCUT2D eigenvalue weighted by Crippen LogP contribution is 2.03. The third-order valence-electron chi connectivity index (χ3n) is 1.10. The monoisotopic (exact) mass is 133 g/mol. The van der Waals surface area contributed by atoms with Gasteiger partial charge in [-0.05, 0) is 12.1 Å². The van der Waals surface area contributed by atoms with Gasteiger partial charge in [-0.15, -0.1) is 0 Å². The number of hydrogen-bond donors (Lipinski definition) is 0. The van der Waals surface area contributed by atoms with E-state index >= 15 is 0 Å². The van der Waals surface area contributed by atoms with Gasteiger partial charge in [0.1, 0.15) is 5.82 Å². The van der Waals surface area contributed by atoms with E-state index in [0.29, 0.717) is 5.56 Å². The molecule has 0 nitrogen and oxygen atoms in total. The van der Waals surface area contributed by atoms with Crippen LogP contribution in [-0.4, -0.2) is 0 Å². The molecule has 1 radical (unpaired) electrons. The van der Waals surface area contributed by atoms with Gasteiger partial charge < -0.3 is 0 Å². The quantitative estimate of drug-likeness (QED) is 0.475. The maximum atomic E-state index is 12.6. The highest BCUT2D eigenvalue weighted by molar-refractivity contribution is 5.35. The van der Waals surface area contributed by atoms with Crippen LogP contribution >= 0.6 is 0 Å². The average Bonchev–Trinajstić information content (AvgIpc) is 1.94. The molecule has 0 spiro atoms. The van der Waals surface area contributed by atoms with Gasteiger partial charge in [0.05, 0.1) is 5.56 Å². The van der Waals surface area contributed by atoms with Crippen molar-refractivity contribution in [3.63, 3.8) is 0 Å². The summed E-state index contributed by atoms with van der Waals surface area (Å²) in [6, 6.07) is 6.36. The van der Waals surface area contributed by atoms with Crippen LogP contribution in [0.4, 0.5) is 4.39 Å². The molecule has 0 saturated carbocycles. The number of hydrogen-bond acceptors (Lipinski definition) is 0. The molecule has 10 heavy (non-hydrogen) atoms. The van der Waals surface area contributed by atoms with E-state index in [0.717, 1.165) is 0 Å². The van der Waals surface area contributed by atoms with Gasteiger partial charge in [0.25, 0.3) is 0 Å². The van der Waals surface area contributed by atoms with E-state index in [1.54, 1.807) is 18.2 Å². The predicted molar refractivity (Wildman–Crippen MR) is 38.6 cm³/mol. The Morgan fingerprint density at radius 1 is 1.30 bits per heavy atom. The molecule has 0 amide bonds. The van der Waals surface area contributed by atoms with Gasteiger partial charge in [0.2, 0.25) is 0 Å². The molecule has 49 valence electrons. The maximum absolute atomic E-state index is 12.6. The molecule has 0 aromatic heterocycles. The number of benzene rings is 1. The van der Waals surface area contributed by atoms with Gasteiger partial charge >= 0.3 is 0 Å². The minimum atomic E-state index is -0.293. The summed E-state index contributed by atoms with van der Waals surface area (Å²) in [5.74, 6) is 4.63. The van der Waals surface area contributed by atoms with E-state index in [4.69, 9.17) is 0 Å². The Labute approximate surface area is 59.7 Å². The van der Waals surface area contributed by atoms with Crippen LogP contribution in [0.1, 0.15) is 5.56 Å². The van der Waals surface area contributed by atoms with Crippen LogP contribution in [0.15, 0.2) is 24.3 Å². The van der Waals surface area contributed by atoms with Crippen molar-refractivity contribution in [1.82, 2.24) is 0 Å². The van der Waals surface area contributed by atoms with Gasteiger partial charge in [-0.2, -0.15) is 0 Å². The summed E-state index contributed by atoms with van der Waals surface area (Å²) >= 11 is 0. The molecule has 0 aliphatic carbocycles. The van der Waals surface area contributed by atoms with Crippen molar-refractivity contribution in [2.45, 2.75) is 0 Å². The SMILES string of the molecule is [CH2]C#Cc1ccccc1F. The van der Waals surface area contributed by atoms with Gasteiger partial charge in [-0.25, -0.2) is 4.39 Å². The molecule has 0 aliphatic rings. The summed E-state index contributed by atoms with van der Waals surface area (Å²) in [6.45, 7) is 3.29. The summed E-state index contributed by atoms with van der Waals surface area (Å²) in [7, 11) is 0. The zero-order chi connectivity index (χ0) is 7.40. The van der Waals surface area contributed by atoms with Crippen molar-refractivity contribution < 1.29 is 4.39 Å². The second kappa shape index (κ2) is 3.03. The lowest BCUT2D eigenvalue weighted by atomic mass is 10.2. The molecule has 0 heterocycles. The molecule has 0 aliphatic heterocycles. The third-order valence-corrected chi connectivity index (χ3v) is 1.10. The second-order valence-electron chi connectivity index (χ2n) is 1.78. The van der Waals surface area contributed by atoms with Crippen LogP contribution in [0.2, 0.25) is 0 Å². The van der Waals surface area contributed by atoms with E-state index in [1.807, 2.05) is 0 Å². The Morgan fingerprint density at radius 3 is 2.60 bits per heavy atom. The smallest absolute Gasteiger partial charge is 0.138 e. The molecule has 1 rings (SSSR count). The lowest BCUT2D eigenvalue weighted by molar-refractivity contribution is 0.624. The number of rotatable bonds is 0. The normalized spacial score (nSPS) is 8.20. The minimum Gasteiger partial charge on any atom is -0.206 e. The van der Waals surface area contributed by atoms with Gasteiger partial charge in [0.15, 0.2) is 0 Å². The molecule has 0 N–H and O–H groups in total. The van der Waals surface area contributed by atoms with E-state index < -0.39 is 0 Å². The fourth-order valence-corrected chi connectivity index (χ4v) is 0.658. The van der Waals surface area contributed by atoms with Crippen molar-refractivity contribution in [1.29, 1.82) is 0 Å². The Kier molecular flexibility index (Phi) is 2.07. The molecule has 0 unspecified atom stereocenters. The molecule has 0 fully saturated rings. The lowest BCUT2D eigenvalue weighted by Crippen LogP contribution is -1.79. The lowest BCUT2D eigenvalue weighted by Gasteiger charge is -1.89. The zero-order valence-electron chi connectivity index (χ0n) is 5.39. The Morgan fingerprint density at radius 2 is 2.00 bits per heavy atom. The second-order valence-corrected chi connectivity index (χ2v) is 1.78. The van der Waals surface area contributed by atoms with Crippen LogP contribution in [0.5, 0.6) is 0 Å². The van der Waals surface area contributed by atoms with Crippen LogP contribution in [0.3, 0.4) is 0 Å². The first-order valence-corrected chi connectivity index (χ1v) is 2.87. The standard InChI is InChI=1S/C9H6F/c1-2-5-8-6-3-4-7-9(8)10/h3-4,6-7H,1H2. The minimum absolute atomic E-state index is 0.293. The fraction of sp³-hybridized carbons (Fsp3) is 0. The average molecular weight is 133 g/mol. The van der Waals surface area contributed by atoms with E-state index in [-0.39, 0.29) is 5.82 Å². The van der Waals surface area contributed by atoms with Crippen molar-refractivity contribution in [3.05, 3.63) is 42.6 Å². The highest BCUT2D eigenvalue weighted by atomic mass is 19.1. The summed E-state index contributed by atoms with van der Waals surface area (Å²) in [4.78, 5) is 0. The van der Waals surface area contributed by atoms with Gasteiger partial charge in [-0.1, -0.05) is 24.0 Å². The molecule has 1 heteroatoms. The molecule has 1 aromatic rings. The van der Waals surface area contributed by atoms with Crippen LogP contribution in [-0.2, 0) is 0 Å². The topological polar surface area (TPSA) is 0 Å². The van der Waals surface area contributed by atoms with Crippen molar-refractivity contribution >= 4 is 0 Å². The third kappa shape index (κ3) is 1.35.